The summed E-state index contributed by atoms with van der Waals surface area (Å²) in [7, 11) is 1.23. The molecule has 0 aliphatic carbocycles. The molecule has 0 atom stereocenters. The van der Waals surface area contributed by atoms with Crippen LogP contribution in [0.1, 0.15) is 26.8 Å². The van der Waals surface area contributed by atoms with Gasteiger partial charge < -0.3 is 9.84 Å². The van der Waals surface area contributed by atoms with Crippen LogP contribution in [0.15, 0.2) is 18.3 Å². The molecule has 2 rings (SSSR count). The maximum atomic E-state index is 11.4. The van der Waals surface area contributed by atoms with E-state index in [1.54, 1.807) is 13.0 Å². The summed E-state index contributed by atoms with van der Waals surface area (Å²) in [5, 5.41) is 12.6. The molecule has 98 valence electrons. The van der Waals surface area contributed by atoms with Gasteiger partial charge in [-0.05, 0) is 13.0 Å². The Balaban J connectivity index is 2.46. The van der Waals surface area contributed by atoms with Gasteiger partial charge in [-0.15, -0.1) is 0 Å². The zero-order chi connectivity index (χ0) is 14.0. The van der Waals surface area contributed by atoms with Crippen molar-refractivity contribution >= 4 is 11.9 Å². The van der Waals surface area contributed by atoms with Crippen molar-refractivity contribution in [1.29, 1.82) is 0 Å². The summed E-state index contributed by atoms with van der Waals surface area (Å²) in [6, 6.07) is 2.91. The Labute approximate surface area is 107 Å². The Morgan fingerprint density at radius 2 is 2.11 bits per heavy atom. The molecule has 19 heavy (non-hydrogen) atoms. The third-order valence-electron chi connectivity index (χ3n) is 2.25. The molecule has 0 bridgehead atoms. The van der Waals surface area contributed by atoms with Crippen LogP contribution >= 0.6 is 0 Å². The average molecular weight is 262 g/mol. The van der Waals surface area contributed by atoms with E-state index in [2.05, 4.69) is 19.8 Å². The van der Waals surface area contributed by atoms with Crippen LogP contribution in [0.2, 0.25) is 0 Å². The number of carboxylic acids is 1. The summed E-state index contributed by atoms with van der Waals surface area (Å²) < 4.78 is 5.79. The highest BCUT2D eigenvalue weighted by Gasteiger charge is 2.14. The monoisotopic (exact) mass is 262 g/mol. The SMILES string of the molecule is COC(=O)c1nc(C)cc(-n2ccc(C(=O)O)n2)n1. The second-order valence-electron chi connectivity index (χ2n) is 3.63. The van der Waals surface area contributed by atoms with Crippen LogP contribution in [0.4, 0.5) is 0 Å². The number of carbonyl (C=O) groups excluding carboxylic acids is 1. The van der Waals surface area contributed by atoms with Gasteiger partial charge in [0.1, 0.15) is 0 Å². The summed E-state index contributed by atoms with van der Waals surface area (Å²) in [5.41, 5.74) is 0.425. The van der Waals surface area contributed by atoms with E-state index in [4.69, 9.17) is 5.11 Å². The lowest BCUT2D eigenvalue weighted by molar-refractivity contribution is 0.0585. The third-order valence-corrected chi connectivity index (χ3v) is 2.25. The first kappa shape index (κ1) is 12.7. The highest BCUT2D eigenvalue weighted by molar-refractivity contribution is 5.85. The van der Waals surface area contributed by atoms with Gasteiger partial charge in [0.25, 0.3) is 0 Å². The first-order valence-corrected chi connectivity index (χ1v) is 5.24. The first-order chi connectivity index (χ1) is 9.01. The van der Waals surface area contributed by atoms with Crippen molar-refractivity contribution < 1.29 is 19.4 Å². The van der Waals surface area contributed by atoms with Gasteiger partial charge in [-0.3, -0.25) is 0 Å². The smallest absolute Gasteiger partial charge is 0.376 e. The molecule has 0 radical (unpaired) electrons. The third kappa shape index (κ3) is 2.57. The molecule has 0 saturated carbocycles. The topological polar surface area (TPSA) is 107 Å². The number of hydrogen-bond acceptors (Lipinski definition) is 6. The second-order valence-corrected chi connectivity index (χ2v) is 3.63. The van der Waals surface area contributed by atoms with Gasteiger partial charge in [0.15, 0.2) is 11.5 Å². The number of hydrogen-bond donors (Lipinski definition) is 1. The van der Waals surface area contributed by atoms with E-state index in [9.17, 15) is 9.59 Å². The van der Waals surface area contributed by atoms with E-state index in [1.807, 2.05) is 0 Å². The summed E-state index contributed by atoms with van der Waals surface area (Å²) in [4.78, 5) is 30.0. The number of esters is 1. The van der Waals surface area contributed by atoms with E-state index in [1.165, 1.54) is 24.1 Å². The quantitative estimate of drug-likeness (QED) is 0.800. The molecule has 0 aromatic carbocycles. The second kappa shape index (κ2) is 4.84. The van der Waals surface area contributed by atoms with Gasteiger partial charge in [-0.25, -0.2) is 24.2 Å². The van der Waals surface area contributed by atoms with E-state index in [0.29, 0.717) is 11.5 Å². The number of rotatable bonds is 3. The maximum Gasteiger partial charge on any atom is 0.376 e. The van der Waals surface area contributed by atoms with E-state index >= 15 is 0 Å². The van der Waals surface area contributed by atoms with Crippen molar-refractivity contribution in [2.45, 2.75) is 6.92 Å². The molecule has 8 heteroatoms. The lowest BCUT2D eigenvalue weighted by Gasteiger charge is -2.04. The molecule has 2 heterocycles. The summed E-state index contributed by atoms with van der Waals surface area (Å²) >= 11 is 0. The highest BCUT2D eigenvalue weighted by atomic mass is 16.5. The fraction of sp³-hybridized carbons (Fsp3) is 0.182. The van der Waals surface area contributed by atoms with E-state index in [-0.39, 0.29) is 11.5 Å². The number of carboxylic acid groups (broad SMARTS) is 1. The lowest BCUT2D eigenvalue weighted by Crippen LogP contribution is -2.12. The summed E-state index contributed by atoms with van der Waals surface area (Å²) in [5.74, 6) is -1.63. The number of ether oxygens (including phenoxy) is 1. The van der Waals surface area contributed by atoms with Gasteiger partial charge in [0.2, 0.25) is 5.82 Å². The first-order valence-electron chi connectivity index (χ1n) is 5.24. The van der Waals surface area contributed by atoms with Gasteiger partial charge in [0, 0.05) is 18.0 Å². The fourth-order valence-corrected chi connectivity index (χ4v) is 1.42. The Hall–Kier alpha value is -2.77. The van der Waals surface area contributed by atoms with Crippen molar-refractivity contribution in [3.63, 3.8) is 0 Å². The molecule has 0 saturated heterocycles. The number of nitrogens with zero attached hydrogens (tertiary/aromatic N) is 4. The largest absolute Gasteiger partial charge is 0.476 e. The van der Waals surface area contributed by atoms with Crippen molar-refractivity contribution in [1.82, 2.24) is 19.7 Å². The van der Waals surface area contributed by atoms with Crippen LogP contribution in [0.25, 0.3) is 5.82 Å². The minimum atomic E-state index is -1.14. The Bertz CT molecular complexity index is 650. The maximum absolute atomic E-state index is 11.4. The Morgan fingerprint density at radius 1 is 1.37 bits per heavy atom. The number of carbonyl (C=O) groups is 2. The van der Waals surface area contributed by atoms with Gasteiger partial charge in [-0.1, -0.05) is 0 Å². The fourth-order valence-electron chi connectivity index (χ4n) is 1.42. The Kier molecular flexibility index (Phi) is 3.23. The lowest BCUT2D eigenvalue weighted by atomic mass is 10.4. The molecule has 8 nitrogen and oxygen atoms in total. The minimum absolute atomic E-state index is 0.107. The summed E-state index contributed by atoms with van der Waals surface area (Å²) in [6.07, 6.45) is 1.44. The van der Waals surface area contributed by atoms with Crippen LogP contribution in [-0.4, -0.2) is 43.9 Å². The molecule has 0 fully saturated rings. The highest BCUT2D eigenvalue weighted by Crippen LogP contribution is 2.08. The minimum Gasteiger partial charge on any atom is -0.476 e. The number of aromatic nitrogens is 4. The number of aryl methyl sites for hydroxylation is 1. The van der Waals surface area contributed by atoms with Crippen molar-refractivity contribution in [3.8, 4) is 5.82 Å². The van der Waals surface area contributed by atoms with E-state index < -0.39 is 11.9 Å². The normalized spacial score (nSPS) is 10.2. The molecule has 2 aromatic heterocycles. The van der Waals surface area contributed by atoms with Gasteiger partial charge in [0.05, 0.1) is 7.11 Å². The average Bonchev–Trinajstić information content (AvgIpc) is 2.86. The van der Waals surface area contributed by atoms with Crippen LogP contribution in [-0.2, 0) is 4.74 Å². The number of methoxy groups -OCH3 is 1. The van der Waals surface area contributed by atoms with Gasteiger partial charge >= 0.3 is 11.9 Å². The summed E-state index contributed by atoms with van der Waals surface area (Å²) in [6.45, 7) is 1.68. The molecule has 0 amide bonds. The van der Waals surface area contributed by atoms with Crippen molar-refractivity contribution in [2.75, 3.05) is 7.11 Å². The molecule has 0 unspecified atom stereocenters. The van der Waals surface area contributed by atoms with Crippen LogP contribution < -0.4 is 0 Å². The van der Waals surface area contributed by atoms with E-state index in [0.717, 1.165) is 0 Å². The standard InChI is InChI=1S/C11H10N4O4/c1-6-5-8(13-9(12-6)11(18)19-2)15-4-3-7(14-15)10(16)17/h3-5H,1-2H3,(H,16,17). The number of aromatic carboxylic acids is 1. The zero-order valence-electron chi connectivity index (χ0n) is 10.2. The molecular formula is C11H10N4O4. The Morgan fingerprint density at radius 3 is 2.68 bits per heavy atom. The van der Waals surface area contributed by atoms with Crippen LogP contribution in [0.5, 0.6) is 0 Å². The zero-order valence-corrected chi connectivity index (χ0v) is 10.2. The van der Waals surface area contributed by atoms with Crippen LogP contribution in [0.3, 0.4) is 0 Å². The molecule has 0 aliphatic rings. The molecule has 2 aromatic rings. The molecular weight excluding hydrogens is 252 g/mol. The van der Waals surface area contributed by atoms with Gasteiger partial charge in [-0.2, -0.15) is 5.10 Å². The van der Waals surface area contributed by atoms with Crippen molar-refractivity contribution in [2.24, 2.45) is 0 Å². The predicted molar refractivity (Wildman–Crippen MR) is 62.2 cm³/mol. The molecule has 1 N–H and O–H groups in total. The predicted octanol–water partition coefficient (Wildman–Crippen LogP) is 0.456. The molecule has 0 spiro atoms. The molecule has 0 aliphatic heterocycles. The van der Waals surface area contributed by atoms with Crippen molar-refractivity contribution in [3.05, 3.63) is 35.5 Å². The van der Waals surface area contributed by atoms with Crippen LogP contribution in [0, 0.1) is 6.92 Å².